The number of hydrogen-bond donors (Lipinski definition) is 1. The molecule has 4 heteroatoms. The number of carbonyl (C=O) groups is 1. The van der Waals surface area contributed by atoms with E-state index in [1.54, 1.807) is 12.1 Å². The zero-order valence-corrected chi connectivity index (χ0v) is 10.7. The maximum absolute atomic E-state index is 11.9. The van der Waals surface area contributed by atoms with E-state index < -0.39 is 5.41 Å². The molecule has 1 aromatic carbocycles. The van der Waals surface area contributed by atoms with Crippen molar-refractivity contribution in [2.45, 2.75) is 27.2 Å². The van der Waals surface area contributed by atoms with Crippen LogP contribution in [0.3, 0.4) is 0 Å². The minimum absolute atomic E-state index is 0.0328. The standard InChI is InChI=1S/C14H16O4/c1-4-14(2,3)13(16)18-10-7-9-5-6-17-12(9)11(15)8-10/h5-8,15H,4H2,1-3H3. The number of rotatable bonds is 3. The number of carbonyl (C=O) groups excluding carboxylic acids is 1. The van der Waals surface area contributed by atoms with Crippen molar-refractivity contribution < 1.29 is 19.1 Å². The van der Waals surface area contributed by atoms with E-state index in [1.807, 2.05) is 20.8 Å². The summed E-state index contributed by atoms with van der Waals surface area (Å²) < 4.78 is 10.4. The minimum Gasteiger partial charge on any atom is -0.504 e. The van der Waals surface area contributed by atoms with Crippen molar-refractivity contribution in [2.75, 3.05) is 0 Å². The van der Waals surface area contributed by atoms with Gasteiger partial charge in [-0.2, -0.15) is 0 Å². The molecule has 4 nitrogen and oxygen atoms in total. The van der Waals surface area contributed by atoms with Gasteiger partial charge in [-0.05, 0) is 32.4 Å². The van der Waals surface area contributed by atoms with E-state index in [9.17, 15) is 9.90 Å². The van der Waals surface area contributed by atoms with Crippen molar-refractivity contribution in [3.63, 3.8) is 0 Å². The molecule has 0 saturated heterocycles. The molecule has 96 valence electrons. The first-order valence-corrected chi connectivity index (χ1v) is 5.86. The Morgan fingerprint density at radius 3 is 2.83 bits per heavy atom. The van der Waals surface area contributed by atoms with Gasteiger partial charge in [0.05, 0.1) is 11.7 Å². The van der Waals surface area contributed by atoms with Crippen LogP contribution in [0.4, 0.5) is 0 Å². The summed E-state index contributed by atoms with van der Waals surface area (Å²) in [6.07, 6.45) is 2.16. The average Bonchev–Trinajstić information content (AvgIpc) is 2.77. The second-order valence-corrected chi connectivity index (χ2v) is 4.91. The van der Waals surface area contributed by atoms with E-state index >= 15 is 0 Å². The fraction of sp³-hybridized carbons (Fsp3) is 0.357. The quantitative estimate of drug-likeness (QED) is 0.667. The predicted octanol–water partition coefficient (Wildman–Crippen LogP) is 3.48. The van der Waals surface area contributed by atoms with E-state index in [-0.39, 0.29) is 11.7 Å². The monoisotopic (exact) mass is 248 g/mol. The van der Waals surface area contributed by atoms with Gasteiger partial charge < -0.3 is 14.3 Å². The summed E-state index contributed by atoms with van der Waals surface area (Å²) in [6.45, 7) is 5.58. The van der Waals surface area contributed by atoms with Gasteiger partial charge in [-0.1, -0.05) is 6.92 Å². The number of phenols is 1. The first-order chi connectivity index (χ1) is 8.44. The van der Waals surface area contributed by atoms with Gasteiger partial charge in [0, 0.05) is 11.5 Å². The molecule has 0 atom stereocenters. The molecular formula is C14H16O4. The third kappa shape index (κ3) is 2.18. The van der Waals surface area contributed by atoms with Crippen molar-refractivity contribution >= 4 is 16.9 Å². The predicted molar refractivity (Wildman–Crippen MR) is 67.6 cm³/mol. The van der Waals surface area contributed by atoms with Crippen LogP contribution >= 0.6 is 0 Å². The molecule has 0 spiro atoms. The molecule has 0 aliphatic rings. The summed E-state index contributed by atoms with van der Waals surface area (Å²) in [4.78, 5) is 11.9. The van der Waals surface area contributed by atoms with E-state index in [4.69, 9.17) is 9.15 Å². The molecule has 0 fully saturated rings. The van der Waals surface area contributed by atoms with Crippen LogP contribution in [0, 0.1) is 5.41 Å². The number of ether oxygens (including phenoxy) is 1. The van der Waals surface area contributed by atoms with Crippen LogP contribution in [0.5, 0.6) is 11.5 Å². The third-order valence-electron chi connectivity index (χ3n) is 3.15. The van der Waals surface area contributed by atoms with Gasteiger partial charge in [0.25, 0.3) is 0 Å². The number of aromatic hydroxyl groups is 1. The molecule has 2 aromatic rings. The summed E-state index contributed by atoms with van der Waals surface area (Å²) >= 11 is 0. The van der Waals surface area contributed by atoms with Crippen LogP contribution in [0.1, 0.15) is 27.2 Å². The molecule has 0 saturated carbocycles. The van der Waals surface area contributed by atoms with Crippen molar-refractivity contribution in [1.29, 1.82) is 0 Å². The third-order valence-corrected chi connectivity index (χ3v) is 3.15. The second kappa shape index (κ2) is 4.37. The summed E-state index contributed by atoms with van der Waals surface area (Å²) in [5, 5.41) is 10.4. The fourth-order valence-electron chi connectivity index (χ4n) is 1.48. The SMILES string of the molecule is CCC(C)(C)C(=O)Oc1cc(O)c2occc2c1. The van der Waals surface area contributed by atoms with Gasteiger partial charge in [0.1, 0.15) is 5.75 Å². The van der Waals surface area contributed by atoms with Crippen LogP contribution in [0.25, 0.3) is 11.0 Å². The summed E-state index contributed by atoms with van der Waals surface area (Å²) in [7, 11) is 0. The number of furan rings is 1. The van der Waals surface area contributed by atoms with Crippen molar-refractivity contribution in [3.05, 3.63) is 24.5 Å². The van der Waals surface area contributed by atoms with Crippen LogP contribution in [-0.4, -0.2) is 11.1 Å². The maximum Gasteiger partial charge on any atom is 0.316 e. The zero-order chi connectivity index (χ0) is 13.3. The van der Waals surface area contributed by atoms with E-state index in [2.05, 4.69) is 0 Å². The number of hydrogen-bond acceptors (Lipinski definition) is 4. The molecule has 18 heavy (non-hydrogen) atoms. The van der Waals surface area contributed by atoms with Crippen LogP contribution in [0.15, 0.2) is 28.9 Å². The zero-order valence-electron chi connectivity index (χ0n) is 10.7. The lowest BCUT2D eigenvalue weighted by Crippen LogP contribution is -2.28. The van der Waals surface area contributed by atoms with Crippen molar-refractivity contribution in [3.8, 4) is 11.5 Å². The maximum atomic E-state index is 11.9. The van der Waals surface area contributed by atoms with Gasteiger partial charge >= 0.3 is 5.97 Å². The lowest BCUT2D eigenvalue weighted by Gasteiger charge is -2.20. The number of fused-ring (bicyclic) bond motifs is 1. The summed E-state index contributed by atoms with van der Waals surface area (Å²) in [6, 6.07) is 4.76. The van der Waals surface area contributed by atoms with Gasteiger partial charge in [-0.15, -0.1) is 0 Å². The fourth-order valence-corrected chi connectivity index (χ4v) is 1.48. The first kappa shape index (κ1) is 12.5. The van der Waals surface area contributed by atoms with Crippen LogP contribution in [0.2, 0.25) is 0 Å². The highest BCUT2D eigenvalue weighted by Crippen LogP contribution is 2.32. The molecule has 2 rings (SSSR count). The lowest BCUT2D eigenvalue weighted by atomic mass is 9.91. The Balaban J connectivity index is 2.30. The van der Waals surface area contributed by atoms with E-state index in [0.717, 1.165) is 0 Å². The second-order valence-electron chi connectivity index (χ2n) is 4.91. The number of phenolic OH excluding ortho intramolecular Hbond substituents is 1. The first-order valence-electron chi connectivity index (χ1n) is 5.86. The molecule has 0 aliphatic carbocycles. The normalized spacial score (nSPS) is 11.7. The molecular weight excluding hydrogens is 232 g/mol. The topological polar surface area (TPSA) is 59.7 Å². The highest BCUT2D eigenvalue weighted by atomic mass is 16.5. The average molecular weight is 248 g/mol. The highest BCUT2D eigenvalue weighted by Gasteiger charge is 2.27. The molecule has 0 radical (unpaired) electrons. The summed E-state index contributed by atoms with van der Waals surface area (Å²) in [5.74, 6) is -0.0187. The number of esters is 1. The Bertz CT molecular complexity index is 580. The Morgan fingerprint density at radius 1 is 1.44 bits per heavy atom. The van der Waals surface area contributed by atoms with Crippen LogP contribution in [-0.2, 0) is 4.79 Å². The van der Waals surface area contributed by atoms with Crippen molar-refractivity contribution in [2.24, 2.45) is 5.41 Å². The molecule has 0 amide bonds. The minimum atomic E-state index is -0.541. The van der Waals surface area contributed by atoms with Gasteiger partial charge in [-0.25, -0.2) is 0 Å². The Hall–Kier alpha value is -1.97. The molecule has 1 N–H and O–H groups in total. The highest BCUT2D eigenvalue weighted by molar-refractivity contribution is 5.86. The van der Waals surface area contributed by atoms with Gasteiger partial charge in [-0.3, -0.25) is 4.79 Å². The van der Waals surface area contributed by atoms with E-state index in [0.29, 0.717) is 23.1 Å². The molecule has 1 aromatic heterocycles. The molecule has 0 unspecified atom stereocenters. The van der Waals surface area contributed by atoms with Crippen LogP contribution < -0.4 is 4.74 Å². The van der Waals surface area contributed by atoms with Gasteiger partial charge in [0.15, 0.2) is 11.3 Å². The van der Waals surface area contributed by atoms with Crippen molar-refractivity contribution in [1.82, 2.24) is 0 Å². The van der Waals surface area contributed by atoms with E-state index in [1.165, 1.54) is 12.3 Å². The molecule has 0 bridgehead atoms. The smallest absolute Gasteiger partial charge is 0.316 e. The lowest BCUT2D eigenvalue weighted by molar-refractivity contribution is -0.144. The Morgan fingerprint density at radius 2 is 2.17 bits per heavy atom. The molecule has 0 aliphatic heterocycles. The Kier molecular flexibility index (Phi) is 3.03. The number of benzene rings is 1. The summed E-state index contributed by atoms with van der Waals surface area (Å²) in [5.41, 5.74) is -0.148. The van der Waals surface area contributed by atoms with Gasteiger partial charge in [0.2, 0.25) is 0 Å². The largest absolute Gasteiger partial charge is 0.504 e. The molecule has 1 heterocycles. The Labute approximate surface area is 105 Å².